The van der Waals surface area contributed by atoms with Gasteiger partial charge in [-0.05, 0) is 39.8 Å². The van der Waals surface area contributed by atoms with Crippen LogP contribution in [-0.4, -0.2) is 58.2 Å². The fourth-order valence-corrected chi connectivity index (χ4v) is 3.03. The molecule has 0 spiro atoms. The van der Waals surface area contributed by atoms with Crippen molar-refractivity contribution in [3.05, 3.63) is 24.3 Å². The summed E-state index contributed by atoms with van der Waals surface area (Å²) in [5.41, 5.74) is 0. The molecule has 9 heteroatoms. The first-order chi connectivity index (χ1) is 12.1. The largest absolute Gasteiger partial charge is 0.493 e. The van der Waals surface area contributed by atoms with E-state index in [0.29, 0.717) is 30.5 Å². The maximum absolute atomic E-state index is 12.1. The molecule has 2 N–H and O–H groups in total. The maximum atomic E-state index is 12.1. The van der Waals surface area contributed by atoms with E-state index in [1.165, 1.54) is 0 Å². The second kappa shape index (κ2) is 11.6. The number of nitrogens with one attached hydrogen (secondary N) is 2. The molecule has 1 aromatic carbocycles. The van der Waals surface area contributed by atoms with Crippen molar-refractivity contribution in [1.82, 2.24) is 10.6 Å². The van der Waals surface area contributed by atoms with Crippen LogP contribution in [0.5, 0.6) is 11.5 Å². The van der Waals surface area contributed by atoms with Gasteiger partial charge in [0.1, 0.15) is 6.10 Å². The highest BCUT2D eigenvalue weighted by Crippen LogP contribution is 2.26. The molecular weight excluding hydrogens is 481 g/mol. The van der Waals surface area contributed by atoms with Gasteiger partial charge >= 0.3 is 0 Å². The lowest BCUT2D eigenvalue weighted by Gasteiger charge is -2.21. The van der Waals surface area contributed by atoms with Crippen molar-refractivity contribution in [2.45, 2.75) is 38.5 Å². The van der Waals surface area contributed by atoms with Gasteiger partial charge in [-0.2, -0.15) is 0 Å². The van der Waals surface area contributed by atoms with Gasteiger partial charge in [0.05, 0.1) is 24.2 Å². The molecule has 1 rings (SSSR count). The molecule has 0 fully saturated rings. The lowest BCUT2D eigenvalue weighted by Crippen LogP contribution is -2.44. The molecule has 0 aliphatic rings. The number of ether oxygens (including phenoxy) is 2. The lowest BCUT2D eigenvalue weighted by molar-refractivity contribution is 0.213. The zero-order valence-electron chi connectivity index (χ0n) is 16.9. The van der Waals surface area contributed by atoms with Gasteiger partial charge in [-0.25, -0.2) is 8.42 Å². The number of para-hydroxylation sites is 2. The van der Waals surface area contributed by atoms with Crippen molar-refractivity contribution in [2.75, 3.05) is 33.0 Å². The number of nitrogens with zero attached hydrogens (tertiary/aromatic N) is 1. The number of hydrogen-bond acceptors (Lipinski definition) is 5. The summed E-state index contributed by atoms with van der Waals surface area (Å²) in [7, 11) is 0.0728. The molecule has 27 heavy (non-hydrogen) atoms. The topological polar surface area (TPSA) is 89.0 Å². The van der Waals surface area contributed by atoms with Gasteiger partial charge in [0.2, 0.25) is 0 Å². The third-order valence-corrected chi connectivity index (χ3v) is 6.38. The minimum absolute atomic E-state index is 0. The summed E-state index contributed by atoms with van der Waals surface area (Å²) in [5.74, 6) is 1.92. The van der Waals surface area contributed by atoms with Gasteiger partial charge in [0, 0.05) is 13.6 Å². The van der Waals surface area contributed by atoms with Crippen LogP contribution < -0.4 is 20.1 Å². The van der Waals surface area contributed by atoms with Crippen LogP contribution in [0.25, 0.3) is 0 Å². The summed E-state index contributed by atoms with van der Waals surface area (Å²) in [4.78, 5) is 4.10. The molecule has 0 aliphatic heterocycles. The third kappa shape index (κ3) is 8.54. The predicted molar refractivity (Wildman–Crippen MR) is 121 cm³/mol. The summed E-state index contributed by atoms with van der Waals surface area (Å²) in [6, 6.07) is 7.45. The molecule has 1 unspecified atom stereocenters. The Bertz CT molecular complexity index is 703. The molecule has 1 aromatic rings. The quantitative estimate of drug-likeness (QED) is 0.316. The van der Waals surface area contributed by atoms with Crippen LogP contribution in [0, 0.1) is 0 Å². The first kappa shape index (κ1) is 25.8. The SMILES string of the molecule is CN=C(NCCS(=O)(=O)C(C)(C)C)NCC(C)Oc1ccccc1OC.I. The second-order valence-corrected chi connectivity index (χ2v) is 9.75. The Kier molecular flexibility index (Phi) is 11.0. The van der Waals surface area contributed by atoms with E-state index in [9.17, 15) is 8.42 Å². The van der Waals surface area contributed by atoms with Gasteiger partial charge in [0.25, 0.3) is 0 Å². The number of hydrogen-bond donors (Lipinski definition) is 2. The molecule has 7 nitrogen and oxygen atoms in total. The van der Waals surface area contributed by atoms with E-state index in [2.05, 4.69) is 15.6 Å². The average molecular weight is 513 g/mol. The van der Waals surface area contributed by atoms with Crippen LogP contribution in [0.4, 0.5) is 0 Å². The number of sulfone groups is 1. The summed E-state index contributed by atoms with van der Waals surface area (Å²) in [6.07, 6.45) is -0.136. The van der Waals surface area contributed by atoms with E-state index < -0.39 is 14.6 Å². The van der Waals surface area contributed by atoms with Crippen molar-refractivity contribution in [3.8, 4) is 11.5 Å². The number of halogens is 1. The number of aliphatic imine (C=N–C) groups is 1. The Balaban J connectivity index is 0.00000676. The normalized spacial score (nSPS) is 13.3. The van der Waals surface area contributed by atoms with Crippen molar-refractivity contribution >= 4 is 39.8 Å². The van der Waals surface area contributed by atoms with Crippen LogP contribution in [0.2, 0.25) is 0 Å². The highest BCUT2D eigenvalue weighted by molar-refractivity contribution is 14.0. The Labute approximate surface area is 180 Å². The van der Waals surface area contributed by atoms with E-state index in [4.69, 9.17) is 9.47 Å². The minimum Gasteiger partial charge on any atom is -0.493 e. The fraction of sp³-hybridized carbons (Fsp3) is 0.611. The molecule has 1 atom stereocenters. The molecule has 0 saturated carbocycles. The summed E-state index contributed by atoms with van der Waals surface area (Å²) < 4.78 is 34.6. The molecule has 0 bridgehead atoms. The highest BCUT2D eigenvalue weighted by atomic mass is 127. The molecule has 0 heterocycles. The Morgan fingerprint density at radius 2 is 1.78 bits per heavy atom. The van der Waals surface area contributed by atoms with Crippen LogP contribution in [0.3, 0.4) is 0 Å². The molecule has 0 aromatic heterocycles. The first-order valence-electron chi connectivity index (χ1n) is 8.57. The molecule has 0 radical (unpaired) electrons. The molecule has 156 valence electrons. The van der Waals surface area contributed by atoms with E-state index in [1.54, 1.807) is 34.9 Å². The van der Waals surface area contributed by atoms with E-state index in [-0.39, 0.29) is 35.8 Å². The van der Waals surface area contributed by atoms with Crippen LogP contribution in [0.15, 0.2) is 29.3 Å². The van der Waals surface area contributed by atoms with Gasteiger partial charge in [-0.15, -0.1) is 24.0 Å². The zero-order valence-corrected chi connectivity index (χ0v) is 20.1. The number of rotatable bonds is 8. The van der Waals surface area contributed by atoms with Crippen molar-refractivity contribution in [1.29, 1.82) is 0 Å². The third-order valence-electron chi connectivity index (χ3n) is 3.77. The first-order valence-corrected chi connectivity index (χ1v) is 10.2. The van der Waals surface area contributed by atoms with Crippen LogP contribution in [0.1, 0.15) is 27.7 Å². The van der Waals surface area contributed by atoms with Gasteiger partial charge < -0.3 is 20.1 Å². The highest BCUT2D eigenvalue weighted by Gasteiger charge is 2.28. The lowest BCUT2D eigenvalue weighted by atomic mass is 10.3. The van der Waals surface area contributed by atoms with Crippen LogP contribution in [-0.2, 0) is 9.84 Å². The molecule has 0 saturated heterocycles. The molecular formula is C18H32IN3O4S. The van der Waals surface area contributed by atoms with Gasteiger partial charge in [-0.1, -0.05) is 12.1 Å². The van der Waals surface area contributed by atoms with E-state index >= 15 is 0 Å². The van der Waals surface area contributed by atoms with E-state index in [0.717, 1.165) is 0 Å². The van der Waals surface area contributed by atoms with Gasteiger partial charge in [0.15, 0.2) is 27.3 Å². The van der Waals surface area contributed by atoms with E-state index in [1.807, 2.05) is 31.2 Å². The molecule has 0 aliphatic carbocycles. The fourth-order valence-electron chi connectivity index (χ4n) is 2.05. The second-order valence-electron chi connectivity index (χ2n) is 6.89. The number of methoxy groups -OCH3 is 1. The number of guanidine groups is 1. The smallest absolute Gasteiger partial charge is 0.191 e. The summed E-state index contributed by atoms with van der Waals surface area (Å²) in [6.45, 7) is 7.83. The monoisotopic (exact) mass is 513 g/mol. The number of benzene rings is 1. The van der Waals surface area contributed by atoms with Crippen molar-refractivity contribution in [3.63, 3.8) is 0 Å². The average Bonchev–Trinajstić information content (AvgIpc) is 2.57. The summed E-state index contributed by atoms with van der Waals surface area (Å²) >= 11 is 0. The van der Waals surface area contributed by atoms with Gasteiger partial charge in [-0.3, -0.25) is 4.99 Å². The summed E-state index contributed by atoms with van der Waals surface area (Å²) in [5, 5.41) is 6.15. The zero-order chi connectivity index (χ0) is 19.8. The molecule has 0 amide bonds. The minimum atomic E-state index is -3.17. The standard InChI is InChI=1S/C18H31N3O4S.HI/c1-14(25-16-10-8-7-9-15(16)24-6)13-21-17(19-5)20-11-12-26(22,23)18(2,3)4;/h7-10,14H,11-13H2,1-6H3,(H2,19,20,21);1H. The maximum Gasteiger partial charge on any atom is 0.191 e. The van der Waals surface area contributed by atoms with Crippen molar-refractivity contribution in [2.24, 2.45) is 4.99 Å². The Morgan fingerprint density at radius 1 is 1.19 bits per heavy atom. The Hall–Kier alpha value is -1.23. The van der Waals surface area contributed by atoms with Crippen molar-refractivity contribution < 1.29 is 17.9 Å². The van der Waals surface area contributed by atoms with Crippen LogP contribution >= 0.6 is 24.0 Å². The Morgan fingerprint density at radius 3 is 2.30 bits per heavy atom. The predicted octanol–water partition coefficient (Wildman–Crippen LogP) is 2.46.